The van der Waals surface area contributed by atoms with Crippen LogP contribution < -0.4 is 0 Å². The first-order chi connectivity index (χ1) is 9.83. The van der Waals surface area contributed by atoms with Crippen molar-refractivity contribution in [3.63, 3.8) is 0 Å². The van der Waals surface area contributed by atoms with Crippen LogP contribution >= 0.6 is 0 Å². The molecular formula is C14H15NO5S. The van der Waals surface area contributed by atoms with Crippen molar-refractivity contribution in [1.82, 2.24) is 4.31 Å². The Hall–Kier alpha value is -1.86. The molecule has 3 rings (SSSR count). The molecule has 0 radical (unpaired) electrons. The second-order valence-corrected chi connectivity index (χ2v) is 7.09. The Labute approximate surface area is 122 Å². The molecule has 0 aliphatic carbocycles. The Morgan fingerprint density at radius 2 is 1.95 bits per heavy atom. The van der Waals surface area contributed by atoms with Crippen molar-refractivity contribution >= 4 is 16.0 Å². The second-order valence-electron chi connectivity index (χ2n) is 5.23. The van der Waals surface area contributed by atoms with E-state index in [1.54, 1.807) is 12.1 Å². The van der Waals surface area contributed by atoms with Crippen molar-refractivity contribution in [1.29, 1.82) is 0 Å². The average molecular weight is 309 g/mol. The number of fused-ring (bicyclic) bond motifs is 1. The Bertz CT molecular complexity index is 722. The van der Waals surface area contributed by atoms with Crippen molar-refractivity contribution < 1.29 is 23.1 Å². The first-order valence-corrected chi connectivity index (χ1v) is 8.04. The molecule has 6 nitrogen and oxygen atoms in total. The molecule has 0 bridgehead atoms. The highest BCUT2D eigenvalue weighted by Gasteiger charge is 2.49. The number of benzene rings is 1. The number of esters is 1. The van der Waals surface area contributed by atoms with Crippen molar-refractivity contribution in [2.75, 3.05) is 6.54 Å². The minimum absolute atomic E-state index is 0.000625. The van der Waals surface area contributed by atoms with E-state index in [0.29, 0.717) is 6.42 Å². The summed E-state index contributed by atoms with van der Waals surface area (Å²) >= 11 is 0. The van der Waals surface area contributed by atoms with Crippen LogP contribution in [0.1, 0.15) is 18.4 Å². The maximum Gasteiger partial charge on any atom is 0.335 e. The third kappa shape index (κ3) is 2.22. The van der Waals surface area contributed by atoms with Crippen LogP contribution in [0.5, 0.6) is 0 Å². The molecule has 2 aliphatic rings. The number of carbonyl (C=O) groups is 1. The van der Waals surface area contributed by atoms with E-state index >= 15 is 0 Å². The summed E-state index contributed by atoms with van der Waals surface area (Å²) in [4.78, 5) is 11.5. The molecule has 2 aliphatic heterocycles. The molecule has 0 aromatic heterocycles. The Morgan fingerprint density at radius 3 is 2.62 bits per heavy atom. The van der Waals surface area contributed by atoms with E-state index in [9.17, 15) is 18.3 Å². The zero-order valence-corrected chi connectivity index (χ0v) is 12.3. The number of nitrogens with zero attached hydrogens (tertiary/aromatic N) is 1. The molecule has 2 heterocycles. The van der Waals surface area contributed by atoms with Crippen LogP contribution in [0.25, 0.3) is 0 Å². The van der Waals surface area contributed by atoms with E-state index in [1.807, 2.05) is 6.92 Å². The number of hydrogen-bond donors (Lipinski definition) is 1. The van der Waals surface area contributed by atoms with E-state index < -0.39 is 21.8 Å². The number of carbonyl (C=O) groups excluding carboxylic acids is 1. The summed E-state index contributed by atoms with van der Waals surface area (Å²) in [5.74, 6) is -2.55. The van der Waals surface area contributed by atoms with Crippen molar-refractivity contribution in [3.8, 4) is 0 Å². The zero-order valence-electron chi connectivity index (χ0n) is 11.4. The first-order valence-electron chi connectivity index (χ1n) is 6.60. The summed E-state index contributed by atoms with van der Waals surface area (Å²) in [5.41, 5.74) is 0.946. The maximum absolute atomic E-state index is 12.7. The lowest BCUT2D eigenvalue weighted by Crippen LogP contribution is -2.47. The number of sulfonamides is 1. The SMILES string of the molecule is Cc1ccc(S(=O)(=O)N2CCCC3(O)OC(=O)C=C23)cc1. The number of piperidine rings is 1. The largest absolute Gasteiger partial charge is 0.424 e. The van der Waals surface area contributed by atoms with Crippen LogP contribution in [0.2, 0.25) is 0 Å². The molecule has 0 saturated carbocycles. The van der Waals surface area contributed by atoms with Crippen LogP contribution in [0.3, 0.4) is 0 Å². The number of ether oxygens (including phenoxy) is 1. The predicted molar refractivity (Wildman–Crippen MR) is 73.4 cm³/mol. The molecule has 1 N–H and O–H groups in total. The number of hydrogen-bond acceptors (Lipinski definition) is 5. The van der Waals surface area contributed by atoms with Crippen LogP contribution in [-0.2, 0) is 19.6 Å². The normalized spacial score (nSPS) is 25.3. The standard InChI is InChI=1S/C14H15NO5S/c1-10-3-5-11(6-4-10)21(18,19)15-8-2-7-14(17)12(15)9-13(16)20-14/h3-6,9,17H,2,7-8H2,1H3. The van der Waals surface area contributed by atoms with Gasteiger partial charge in [0, 0.05) is 13.0 Å². The molecule has 1 aromatic rings. The van der Waals surface area contributed by atoms with E-state index in [2.05, 4.69) is 0 Å². The van der Waals surface area contributed by atoms with Gasteiger partial charge in [-0.3, -0.25) is 4.31 Å². The van der Waals surface area contributed by atoms with Gasteiger partial charge in [0.25, 0.3) is 15.8 Å². The summed E-state index contributed by atoms with van der Waals surface area (Å²) in [6.45, 7) is 2.07. The molecular weight excluding hydrogens is 294 g/mol. The molecule has 0 spiro atoms. The highest BCUT2D eigenvalue weighted by atomic mass is 32.2. The molecule has 112 valence electrons. The fourth-order valence-corrected chi connectivity index (χ4v) is 4.15. The topological polar surface area (TPSA) is 83.9 Å². The molecule has 1 unspecified atom stereocenters. The number of aliphatic hydroxyl groups is 1. The zero-order chi connectivity index (χ0) is 15.3. The summed E-state index contributed by atoms with van der Waals surface area (Å²) in [6.07, 6.45) is 1.65. The van der Waals surface area contributed by atoms with Crippen molar-refractivity contribution in [2.45, 2.75) is 30.4 Å². The van der Waals surface area contributed by atoms with Crippen LogP contribution in [0.15, 0.2) is 40.9 Å². The predicted octanol–water partition coefficient (Wildman–Crippen LogP) is 0.909. The highest BCUT2D eigenvalue weighted by molar-refractivity contribution is 7.89. The fraction of sp³-hybridized carbons (Fsp3) is 0.357. The van der Waals surface area contributed by atoms with Gasteiger partial charge in [0.05, 0.1) is 11.0 Å². The molecule has 0 amide bonds. The fourth-order valence-electron chi connectivity index (χ4n) is 2.59. The second kappa shape index (κ2) is 4.57. The lowest BCUT2D eigenvalue weighted by atomic mass is 10.0. The molecule has 1 saturated heterocycles. The lowest BCUT2D eigenvalue weighted by molar-refractivity contribution is -0.190. The van der Waals surface area contributed by atoms with Gasteiger partial charge in [-0.15, -0.1) is 0 Å². The lowest BCUT2D eigenvalue weighted by Gasteiger charge is -2.37. The smallest absolute Gasteiger partial charge is 0.335 e. The van der Waals surface area contributed by atoms with E-state index in [0.717, 1.165) is 15.9 Å². The van der Waals surface area contributed by atoms with Gasteiger partial charge in [-0.05, 0) is 25.5 Å². The van der Waals surface area contributed by atoms with Crippen LogP contribution in [0, 0.1) is 6.92 Å². The van der Waals surface area contributed by atoms with Gasteiger partial charge in [-0.2, -0.15) is 0 Å². The molecule has 1 fully saturated rings. The summed E-state index contributed by atoms with van der Waals surface area (Å²) in [6, 6.07) is 6.43. The Balaban J connectivity index is 2.04. The van der Waals surface area contributed by atoms with E-state index in [1.165, 1.54) is 12.1 Å². The van der Waals surface area contributed by atoms with Gasteiger partial charge in [0.2, 0.25) is 0 Å². The summed E-state index contributed by atoms with van der Waals surface area (Å²) in [7, 11) is -3.82. The Kier molecular flexibility index (Phi) is 3.07. The molecule has 7 heteroatoms. The third-order valence-electron chi connectivity index (χ3n) is 3.68. The van der Waals surface area contributed by atoms with Crippen LogP contribution in [0.4, 0.5) is 0 Å². The molecule has 21 heavy (non-hydrogen) atoms. The monoisotopic (exact) mass is 309 g/mol. The van der Waals surface area contributed by atoms with Crippen molar-refractivity contribution in [2.24, 2.45) is 0 Å². The van der Waals surface area contributed by atoms with Crippen molar-refractivity contribution in [3.05, 3.63) is 41.6 Å². The highest BCUT2D eigenvalue weighted by Crippen LogP contribution is 2.39. The summed E-state index contributed by atoms with van der Waals surface area (Å²) < 4.78 is 31.3. The number of rotatable bonds is 2. The van der Waals surface area contributed by atoms with Gasteiger partial charge in [0.1, 0.15) is 5.70 Å². The number of aryl methyl sites for hydroxylation is 1. The van der Waals surface area contributed by atoms with Crippen LogP contribution in [-0.4, -0.2) is 36.1 Å². The minimum atomic E-state index is -3.82. The average Bonchev–Trinajstić information content (AvgIpc) is 2.72. The van der Waals surface area contributed by atoms with Gasteiger partial charge in [-0.25, -0.2) is 13.2 Å². The minimum Gasteiger partial charge on any atom is -0.424 e. The first kappa shape index (κ1) is 14.1. The van der Waals surface area contributed by atoms with Gasteiger partial charge < -0.3 is 9.84 Å². The summed E-state index contributed by atoms with van der Waals surface area (Å²) in [5, 5.41) is 10.3. The van der Waals surface area contributed by atoms with Gasteiger partial charge in [-0.1, -0.05) is 17.7 Å². The maximum atomic E-state index is 12.7. The Morgan fingerprint density at radius 1 is 1.29 bits per heavy atom. The molecule has 1 aromatic carbocycles. The molecule has 1 atom stereocenters. The van der Waals surface area contributed by atoms with Gasteiger partial charge >= 0.3 is 5.97 Å². The van der Waals surface area contributed by atoms with E-state index in [-0.39, 0.29) is 23.6 Å². The van der Waals surface area contributed by atoms with E-state index in [4.69, 9.17) is 4.74 Å². The third-order valence-corrected chi connectivity index (χ3v) is 5.51. The quantitative estimate of drug-likeness (QED) is 0.821. The van der Waals surface area contributed by atoms with Gasteiger partial charge in [0.15, 0.2) is 0 Å².